The van der Waals surface area contributed by atoms with Gasteiger partial charge in [0.25, 0.3) is 0 Å². The minimum Gasteiger partial charge on any atom is -0.481 e. The summed E-state index contributed by atoms with van der Waals surface area (Å²) in [7, 11) is -3.72. The number of hydrogen-bond acceptors (Lipinski definition) is 4. The topological polar surface area (TPSA) is 127 Å². The number of carbonyl (C=O) groups is 2. The first-order chi connectivity index (χ1) is 11.8. The molecule has 134 valence electrons. The van der Waals surface area contributed by atoms with Gasteiger partial charge < -0.3 is 10.4 Å². The standard InChI is InChI=1S/C17H20N2O5S/c18-25(23,24)13-5-1-10(2-6-13)7-8-19-16(20)14-11-3-4-12(9-11)15(14)17(21)22/h1-6,11-12,14-15H,7-9H2,(H,19,20)(H,21,22)(H2,18,23,24)/t11-,12-,14+,15-/m0/s1. The zero-order chi connectivity index (χ0) is 18.2. The van der Waals surface area contributed by atoms with Crippen molar-refractivity contribution in [3.63, 3.8) is 0 Å². The lowest BCUT2D eigenvalue weighted by molar-refractivity contribution is -0.147. The van der Waals surface area contributed by atoms with Crippen molar-refractivity contribution < 1.29 is 23.1 Å². The first-order valence-electron chi connectivity index (χ1n) is 8.08. The Bertz CT molecular complexity index is 816. The third-order valence-electron chi connectivity index (χ3n) is 5.01. The molecule has 4 N–H and O–H groups in total. The van der Waals surface area contributed by atoms with Crippen molar-refractivity contribution in [3.8, 4) is 0 Å². The number of carboxylic acids is 1. The largest absolute Gasteiger partial charge is 0.481 e. The highest BCUT2D eigenvalue weighted by molar-refractivity contribution is 7.89. The fourth-order valence-corrected chi connectivity index (χ4v) is 4.33. The summed E-state index contributed by atoms with van der Waals surface area (Å²) in [6.45, 7) is 0.359. The van der Waals surface area contributed by atoms with Gasteiger partial charge in [-0.1, -0.05) is 24.3 Å². The Morgan fingerprint density at radius 2 is 1.72 bits per heavy atom. The molecule has 1 saturated carbocycles. The van der Waals surface area contributed by atoms with Crippen molar-refractivity contribution in [3.05, 3.63) is 42.0 Å². The van der Waals surface area contributed by atoms with Crippen molar-refractivity contribution in [2.24, 2.45) is 28.8 Å². The van der Waals surface area contributed by atoms with Crippen LogP contribution in [0.15, 0.2) is 41.3 Å². The van der Waals surface area contributed by atoms with Crippen molar-refractivity contribution >= 4 is 21.9 Å². The number of allylic oxidation sites excluding steroid dienone is 2. The highest BCUT2D eigenvalue weighted by Gasteiger charge is 2.51. The summed E-state index contributed by atoms with van der Waals surface area (Å²) in [5.41, 5.74) is 0.857. The van der Waals surface area contributed by atoms with Gasteiger partial charge >= 0.3 is 5.97 Å². The molecular weight excluding hydrogens is 344 g/mol. The van der Waals surface area contributed by atoms with Crippen LogP contribution in [0.5, 0.6) is 0 Å². The van der Waals surface area contributed by atoms with E-state index in [-0.39, 0.29) is 22.6 Å². The molecule has 8 heteroatoms. The van der Waals surface area contributed by atoms with Gasteiger partial charge in [-0.3, -0.25) is 9.59 Å². The molecule has 1 amide bonds. The number of aliphatic carboxylic acids is 1. The Kier molecular flexibility index (Phi) is 4.66. The van der Waals surface area contributed by atoms with Crippen molar-refractivity contribution in [2.45, 2.75) is 17.7 Å². The number of primary sulfonamides is 1. The molecule has 0 heterocycles. The van der Waals surface area contributed by atoms with Gasteiger partial charge in [0.05, 0.1) is 16.7 Å². The monoisotopic (exact) mass is 364 g/mol. The minimum absolute atomic E-state index is 0.000134. The molecule has 0 aromatic heterocycles. The number of nitrogens with two attached hydrogens (primary N) is 1. The van der Waals surface area contributed by atoms with Crippen LogP contribution in [0, 0.1) is 23.7 Å². The summed E-state index contributed by atoms with van der Waals surface area (Å²) in [6, 6.07) is 6.14. The van der Waals surface area contributed by atoms with Crippen molar-refractivity contribution in [1.82, 2.24) is 5.32 Å². The van der Waals surface area contributed by atoms with Gasteiger partial charge in [-0.25, -0.2) is 13.6 Å². The molecule has 25 heavy (non-hydrogen) atoms. The molecule has 1 aromatic rings. The van der Waals surface area contributed by atoms with Gasteiger partial charge in [-0.05, 0) is 42.4 Å². The Morgan fingerprint density at radius 1 is 1.12 bits per heavy atom. The highest BCUT2D eigenvalue weighted by Crippen LogP contribution is 2.48. The van der Waals surface area contributed by atoms with E-state index in [4.69, 9.17) is 5.14 Å². The molecule has 1 aromatic carbocycles. The molecule has 1 fully saturated rings. The van der Waals surface area contributed by atoms with Crippen molar-refractivity contribution in [2.75, 3.05) is 6.54 Å². The summed E-state index contributed by atoms with van der Waals surface area (Å²) in [6.07, 6.45) is 5.09. The molecule has 2 aliphatic carbocycles. The number of rotatable bonds is 6. The lowest BCUT2D eigenvalue weighted by Gasteiger charge is -2.23. The molecule has 3 rings (SSSR count). The second kappa shape index (κ2) is 6.61. The number of nitrogens with one attached hydrogen (secondary N) is 1. The first kappa shape index (κ1) is 17.6. The second-order valence-electron chi connectivity index (χ2n) is 6.57. The molecule has 2 aliphatic rings. The van der Waals surface area contributed by atoms with Gasteiger partial charge in [0, 0.05) is 6.54 Å². The maximum atomic E-state index is 12.4. The smallest absolute Gasteiger partial charge is 0.307 e. The Labute approximate surface area is 146 Å². The van der Waals surface area contributed by atoms with Gasteiger partial charge in [0.15, 0.2) is 0 Å². The van der Waals surface area contributed by atoms with Gasteiger partial charge in [0.2, 0.25) is 15.9 Å². The summed E-state index contributed by atoms with van der Waals surface area (Å²) in [5.74, 6) is -2.37. The van der Waals surface area contributed by atoms with Crippen LogP contribution in [0.25, 0.3) is 0 Å². The summed E-state index contributed by atoms with van der Waals surface area (Å²) >= 11 is 0. The number of sulfonamides is 1. The summed E-state index contributed by atoms with van der Waals surface area (Å²) in [5, 5.41) is 17.2. The molecule has 4 atom stereocenters. The van der Waals surface area contributed by atoms with Crippen LogP contribution in [0.4, 0.5) is 0 Å². The van der Waals surface area contributed by atoms with E-state index in [9.17, 15) is 23.1 Å². The Hall–Kier alpha value is -2.19. The van der Waals surface area contributed by atoms with E-state index in [2.05, 4.69) is 5.32 Å². The molecule has 0 radical (unpaired) electrons. The van der Waals surface area contributed by atoms with Crippen LogP contribution in [0.2, 0.25) is 0 Å². The van der Waals surface area contributed by atoms with Crippen LogP contribution in [-0.4, -0.2) is 31.9 Å². The average Bonchev–Trinajstić information content (AvgIpc) is 3.15. The third-order valence-corrected chi connectivity index (χ3v) is 5.94. The Balaban J connectivity index is 1.56. The quantitative estimate of drug-likeness (QED) is 0.634. The molecule has 0 unspecified atom stereocenters. The minimum atomic E-state index is -3.72. The predicted octanol–water partition coefficient (Wildman–Crippen LogP) is 0.516. The number of carbonyl (C=O) groups excluding carboxylic acids is 1. The molecular formula is C17H20N2O5S. The zero-order valence-electron chi connectivity index (χ0n) is 13.5. The normalized spacial score (nSPS) is 27.4. The summed E-state index contributed by atoms with van der Waals surface area (Å²) < 4.78 is 22.4. The number of carboxylic acid groups (broad SMARTS) is 1. The maximum Gasteiger partial charge on any atom is 0.307 e. The van der Waals surface area contributed by atoms with Crippen LogP contribution < -0.4 is 10.5 Å². The van der Waals surface area contributed by atoms with Crippen LogP contribution in [-0.2, 0) is 26.0 Å². The van der Waals surface area contributed by atoms with Crippen molar-refractivity contribution in [1.29, 1.82) is 0 Å². The fourth-order valence-electron chi connectivity index (χ4n) is 3.81. The van der Waals surface area contributed by atoms with E-state index in [1.165, 1.54) is 12.1 Å². The third kappa shape index (κ3) is 3.59. The molecule has 0 saturated heterocycles. The van der Waals surface area contributed by atoms with E-state index < -0.39 is 27.8 Å². The fraction of sp³-hybridized carbons (Fsp3) is 0.412. The van der Waals surface area contributed by atoms with Gasteiger partial charge in [-0.2, -0.15) is 0 Å². The highest BCUT2D eigenvalue weighted by atomic mass is 32.2. The van der Waals surface area contributed by atoms with E-state index >= 15 is 0 Å². The Morgan fingerprint density at radius 3 is 2.28 bits per heavy atom. The number of hydrogen-bond donors (Lipinski definition) is 3. The maximum absolute atomic E-state index is 12.4. The predicted molar refractivity (Wildman–Crippen MR) is 89.9 cm³/mol. The van der Waals surface area contributed by atoms with Gasteiger partial charge in [0.1, 0.15) is 0 Å². The van der Waals surface area contributed by atoms with Gasteiger partial charge in [-0.15, -0.1) is 0 Å². The average molecular weight is 364 g/mol. The van der Waals surface area contributed by atoms with E-state index in [0.29, 0.717) is 13.0 Å². The number of amides is 1. The van der Waals surface area contributed by atoms with E-state index in [1.54, 1.807) is 12.1 Å². The zero-order valence-corrected chi connectivity index (χ0v) is 14.3. The lowest BCUT2D eigenvalue weighted by Crippen LogP contribution is -2.40. The number of benzene rings is 1. The first-order valence-corrected chi connectivity index (χ1v) is 9.62. The van der Waals surface area contributed by atoms with Crippen LogP contribution in [0.1, 0.15) is 12.0 Å². The summed E-state index contributed by atoms with van der Waals surface area (Å²) in [4.78, 5) is 23.9. The second-order valence-corrected chi connectivity index (χ2v) is 8.13. The molecule has 0 aliphatic heterocycles. The van der Waals surface area contributed by atoms with Crippen LogP contribution in [0.3, 0.4) is 0 Å². The molecule has 2 bridgehead atoms. The number of fused-ring (bicyclic) bond motifs is 2. The molecule has 7 nitrogen and oxygen atoms in total. The lowest BCUT2D eigenvalue weighted by atomic mass is 9.82. The van der Waals surface area contributed by atoms with E-state index in [1.807, 2.05) is 12.2 Å². The molecule has 0 spiro atoms. The van der Waals surface area contributed by atoms with Crippen LogP contribution >= 0.6 is 0 Å². The SMILES string of the molecule is NS(=O)(=O)c1ccc(CCNC(=O)[C@H]2[C@@H](C(=O)O)[C@H]3C=C[C@H]2C3)cc1. The van der Waals surface area contributed by atoms with E-state index in [0.717, 1.165) is 12.0 Å².